The zero-order valence-electron chi connectivity index (χ0n) is 20.5. The summed E-state index contributed by atoms with van der Waals surface area (Å²) >= 11 is 0. The van der Waals surface area contributed by atoms with Crippen LogP contribution in [0.4, 0.5) is 0 Å². The molecule has 184 valence electrons. The van der Waals surface area contributed by atoms with Crippen molar-refractivity contribution in [2.75, 3.05) is 39.3 Å². The van der Waals surface area contributed by atoms with Gasteiger partial charge >= 0.3 is 0 Å². The molecule has 6 nitrogen and oxygen atoms in total. The van der Waals surface area contributed by atoms with Crippen LogP contribution in [0.15, 0.2) is 48.5 Å². The number of hydrogen-bond acceptors (Lipinski definition) is 4. The molecule has 1 spiro atoms. The van der Waals surface area contributed by atoms with Crippen molar-refractivity contribution in [1.29, 1.82) is 0 Å². The maximum Gasteiger partial charge on any atom is 0.255 e. The molecule has 3 heterocycles. The van der Waals surface area contributed by atoms with Gasteiger partial charge in [-0.3, -0.25) is 14.5 Å². The lowest BCUT2D eigenvalue weighted by molar-refractivity contribution is -0.132. The Morgan fingerprint density at radius 2 is 1.69 bits per heavy atom. The van der Waals surface area contributed by atoms with Crippen molar-refractivity contribution in [3.05, 3.63) is 70.8 Å². The minimum absolute atomic E-state index is 0.0870. The van der Waals surface area contributed by atoms with Gasteiger partial charge in [0.25, 0.3) is 5.91 Å². The summed E-state index contributed by atoms with van der Waals surface area (Å²) in [4.78, 5) is 34.0. The summed E-state index contributed by atoms with van der Waals surface area (Å²) in [7, 11) is 0. The number of nitrogens with zero attached hydrogens (tertiary/aromatic N) is 3. The van der Waals surface area contributed by atoms with E-state index >= 15 is 0 Å². The molecule has 1 N–H and O–H groups in total. The number of amides is 2. The van der Waals surface area contributed by atoms with Gasteiger partial charge in [-0.15, -0.1) is 0 Å². The first kappa shape index (κ1) is 22.7. The fourth-order valence-electron chi connectivity index (χ4n) is 6.59. The fraction of sp³-hybridized carbons (Fsp3) is 0.517. The van der Waals surface area contributed by atoms with Crippen molar-refractivity contribution in [1.82, 2.24) is 20.0 Å². The quantitative estimate of drug-likeness (QED) is 0.726. The summed E-state index contributed by atoms with van der Waals surface area (Å²) in [5.74, 6) is 0.240. The molecule has 3 fully saturated rings. The highest BCUT2D eigenvalue weighted by molar-refractivity contribution is 6.02. The molecule has 4 aliphatic rings. The summed E-state index contributed by atoms with van der Waals surface area (Å²) in [6.45, 7) is 5.94. The maximum absolute atomic E-state index is 14.0. The van der Waals surface area contributed by atoms with E-state index in [2.05, 4.69) is 39.4 Å². The number of piperazine rings is 1. The number of carbonyl (C=O) groups excluding carboxylic acids is 2. The van der Waals surface area contributed by atoms with Crippen LogP contribution in [0.5, 0.6) is 0 Å². The van der Waals surface area contributed by atoms with E-state index in [1.165, 1.54) is 19.3 Å². The lowest BCUT2D eigenvalue weighted by Gasteiger charge is -2.43. The molecule has 0 bridgehead atoms. The molecule has 1 saturated carbocycles. The predicted molar refractivity (Wildman–Crippen MR) is 136 cm³/mol. The Kier molecular flexibility index (Phi) is 6.11. The Bertz CT molecular complexity index is 1080. The molecular weight excluding hydrogens is 436 g/mol. The minimum Gasteiger partial charge on any atom is -0.340 e. The molecule has 1 aliphatic carbocycles. The van der Waals surface area contributed by atoms with Crippen LogP contribution in [-0.4, -0.2) is 71.8 Å². The third-order valence-electron chi connectivity index (χ3n) is 8.84. The highest BCUT2D eigenvalue weighted by Gasteiger charge is 2.50. The van der Waals surface area contributed by atoms with E-state index in [9.17, 15) is 9.59 Å². The van der Waals surface area contributed by atoms with Gasteiger partial charge in [-0.05, 0) is 55.5 Å². The van der Waals surface area contributed by atoms with Gasteiger partial charge in [-0.25, -0.2) is 0 Å². The van der Waals surface area contributed by atoms with Gasteiger partial charge in [0.15, 0.2) is 0 Å². The first-order valence-corrected chi connectivity index (χ1v) is 13.4. The summed E-state index contributed by atoms with van der Waals surface area (Å²) in [6.07, 6.45) is 6.08. The fourth-order valence-corrected chi connectivity index (χ4v) is 6.59. The molecule has 35 heavy (non-hydrogen) atoms. The largest absolute Gasteiger partial charge is 0.340 e. The van der Waals surface area contributed by atoms with E-state index in [1.54, 1.807) is 0 Å². The number of piperidine rings is 1. The van der Waals surface area contributed by atoms with E-state index in [0.717, 1.165) is 80.4 Å². The molecule has 6 heteroatoms. The Morgan fingerprint density at radius 1 is 0.943 bits per heavy atom. The third-order valence-corrected chi connectivity index (χ3v) is 8.84. The van der Waals surface area contributed by atoms with Gasteiger partial charge in [0.2, 0.25) is 5.91 Å². The van der Waals surface area contributed by atoms with Gasteiger partial charge in [-0.1, -0.05) is 55.0 Å². The molecule has 3 aliphatic heterocycles. The molecule has 2 aromatic carbocycles. The number of fused-ring (bicyclic) bond motifs is 2. The first-order valence-electron chi connectivity index (χ1n) is 13.4. The van der Waals surface area contributed by atoms with Crippen molar-refractivity contribution in [3.8, 4) is 0 Å². The molecule has 0 radical (unpaired) electrons. The zero-order chi connectivity index (χ0) is 23.8. The summed E-state index contributed by atoms with van der Waals surface area (Å²) < 4.78 is 0. The summed E-state index contributed by atoms with van der Waals surface area (Å²) in [6, 6.07) is 17.2. The van der Waals surface area contributed by atoms with Gasteiger partial charge in [0, 0.05) is 44.3 Å². The average molecular weight is 473 g/mol. The Hall–Kier alpha value is -2.70. The van der Waals surface area contributed by atoms with E-state index in [0.29, 0.717) is 13.0 Å². The Balaban J connectivity index is 1.24. The zero-order valence-corrected chi connectivity index (χ0v) is 20.5. The van der Waals surface area contributed by atoms with Crippen molar-refractivity contribution in [3.63, 3.8) is 0 Å². The van der Waals surface area contributed by atoms with Gasteiger partial charge < -0.3 is 15.1 Å². The highest BCUT2D eigenvalue weighted by atomic mass is 16.2. The molecule has 2 amide bonds. The van der Waals surface area contributed by atoms with Crippen LogP contribution >= 0.6 is 0 Å². The first-order chi connectivity index (χ1) is 17.2. The smallest absolute Gasteiger partial charge is 0.255 e. The van der Waals surface area contributed by atoms with Crippen LogP contribution in [0.1, 0.15) is 59.2 Å². The van der Waals surface area contributed by atoms with Crippen molar-refractivity contribution < 1.29 is 9.59 Å². The summed E-state index contributed by atoms with van der Waals surface area (Å²) in [5.41, 5.74) is 3.66. The number of nitrogens with one attached hydrogen (secondary N) is 1. The van der Waals surface area contributed by atoms with Gasteiger partial charge in [0.1, 0.15) is 0 Å². The summed E-state index contributed by atoms with van der Waals surface area (Å²) in [5, 5.41) is 3.47. The number of hydrogen-bond donors (Lipinski definition) is 1. The van der Waals surface area contributed by atoms with Crippen molar-refractivity contribution in [2.45, 2.75) is 56.7 Å². The molecular formula is C29H36N4O2. The predicted octanol–water partition coefficient (Wildman–Crippen LogP) is 3.16. The third kappa shape index (κ3) is 4.07. The average Bonchev–Trinajstić information content (AvgIpc) is 3.08. The van der Waals surface area contributed by atoms with Gasteiger partial charge in [0.05, 0.1) is 12.0 Å². The van der Waals surface area contributed by atoms with Crippen LogP contribution in [-0.2, 0) is 23.3 Å². The topological polar surface area (TPSA) is 55.9 Å². The van der Waals surface area contributed by atoms with Crippen molar-refractivity contribution in [2.24, 2.45) is 0 Å². The lowest BCUT2D eigenvalue weighted by atomic mass is 9.80. The van der Waals surface area contributed by atoms with Crippen LogP contribution in [0.2, 0.25) is 0 Å². The van der Waals surface area contributed by atoms with E-state index in [1.807, 2.05) is 29.2 Å². The second kappa shape index (κ2) is 9.40. The van der Waals surface area contributed by atoms with Crippen molar-refractivity contribution >= 4 is 11.8 Å². The van der Waals surface area contributed by atoms with E-state index in [4.69, 9.17) is 0 Å². The monoisotopic (exact) mass is 472 g/mol. The SMILES string of the molecule is O=C(Cc1cccc2c1C(=O)N(Cc1ccccc1)C21CCNCC1)N1CCN(C2CCC2)CC1. The molecule has 6 rings (SSSR count). The standard InChI is InChI=1S/C29H36N4O2/c34-26(32-18-16-31(17-19-32)24-9-5-10-24)20-23-8-4-11-25-27(23)28(35)33(21-22-6-2-1-3-7-22)29(25)12-14-30-15-13-29/h1-4,6-8,11,24,30H,5,9-10,12-21H2. The lowest BCUT2D eigenvalue weighted by Crippen LogP contribution is -2.53. The molecule has 0 aromatic heterocycles. The Labute approximate surface area is 208 Å². The van der Waals surface area contributed by atoms with Gasteiger partial charge in [-0.2, -0.15) is 0 Å². The number of carbonyl (C=O) groups is 2. The second-order valence-electron chi connectivity index (χ2n) is 10.7. The minimum atomic E-state index is -0.291. The number of rotatable bonds is 5. The molecule has 0 unspecified atom stereocenters. The maximum atomic E-state index is 14.0. The number of benzene rings is 2. The van der Waals surface area contributed by atoms with Crippen LogP contribution in [0, 0.1) is 0 Å². The molecule has 2 aromatic rings. The van der Waals surface area contributed by atoms with Crippen LogP contribution < -0.4 is 5.32 Å². The Morgan fingerprint density at radius 3 is 2.37 bits per heavy atom. The van der Waals surface area contributed by atoms with E-state index in [-0.39, 0.29) is 17.4 Å². The molecule has 2 saturated heterocycles. The van der Waals surface area contributed by atoms with Crippen LogP contribution in [0.3, 0.4) is 0 Å². The van der Waals surface area contributed by atoms with Crippen LogP contribution in [0.25, 0.3) is 0 Å². The molecule has 0 atom stereocenters. The second-order valence-corrected chi connectivity index (χ2v) is 10.7. The van der Waals surface area contributed by atoms with E-state index < -0.39 is 0 Å². The highest BCUT2D eigenvalue weighted by Crippen LogP contribution is 2.47. The normalized spacial score (nSPS) is 22.3.